The number of aliphatic hydroxyl groups excluding tert-OH is 1. The molecule has 1 saturated carbocycles. The number of carbonyl (C=O) groups is 2. The van der Waals surface area contributed by atoms with Crippen LogP contribution in [0.15, 0.2) is 35.4 Å². The minimum absolute atomic E-state index is 0.00941. The lowest BCUT2D eigenvalue weighted by Gasteiger charge is -2.34. The summed E-state index contributed by atoms with van der Waals surface area (Å²) in [4.78, 5) is 24.9. The van der Waals surface area contributed by atoms with Gasteiger partial charge in [0.15, 0.2) is 5.71 Å². The minimum atomic E-state index is -1.11. The van der Waals surface area contributed by atoms with Crippen molar-refractivity contribution in [3.8, 4) is 0 Å². The molecule has 0 radical (unpaired) electrons. The molecule has 2 unspecified atom stereocenters. The molecule has 1 aromatic carbocycles. The van der Waals surface area contributed by atoms with Crippen LogP contribution in [-0.4, -0.2) is 54.2 Å². The maximum Gasteiger partial charge on any atom is 0.273 e. The highest BCUT2D eigenvalue weighted by molar-refractivity contribution is 6.60. The maximum absolute atomic E-state index is 12.5. The summed E-state index contributed by atoms with van der Waals surface area (Å²) in [5.74, 6) is -0.883. The SMILES string of the molecule is CNC(=O)C(CNC(=O)/C(C=N)=N/Nc1ccccc1)(NC(C)O)C1CC1. The lowest BCUT2D eigenvalue weighted by Crippen LogP contribution is -2.66. The number of benzene rings is 1. The highest BCUT2D eigenvalue weighted by Crippen LogP contribution is 2.40. The largest absolute Gasteiger partial charge is 0.379 e. The molecule has 27 heavy (non-hydrogen) atoms. The van der Waals surface area contributed by atoms with E-state index in [9.17, 15) is 14.7 Å². The van der Waals surface area contributed by atoms with Crippen LogP contribution in [-0.2, 0) is 9.59 Å². The van der Waals surface area contributed by atoms with Crippen molar-refractivity contribution in [2.24, 2.45) is 11.0 Å². The fourth-order valence-corrected chi connectivity index (χ4v) is 2.91. The highest BCUT2D eigenvalue weighted by atomic mass is 16.3. The number of carbonyl (C=O) groups excluding carboxylic acids is 2. The predicted octanol–water partition coefficient (Wildman–Crippen LogP) is 0.0430. The molecule has 2 amide bonds. The lowest BCUT2D eigenvalue weighted by molar-refractivity contribution is -0.130. The Labute approximate surface area is 158 Å². The molecule has 146 valence electrons. The number of hydrogen-bond donors (Lipinski definition) is 6. The Bertz CT molecular complexity index is 702. The van der Waals surface area contributed by atoms with Crippen molar-refractivity contribution in [1.29, 1.82) is 5.41 Å². The van der Waals surface area contributed by atoms with E-state index >= 15 is 0 Å². The van der Waals surface area contributed by atoms with Crippen LogP contribution in [0, 0.1) is 11.3 Å². The second-order valence-electron chi connectivity index (χ2n) is 6.45. The molecule has 0 bridgehead atoms. The molecule has 1 aliphatic rings. The Balaban J connectivity index is 2.09. The highest BCUT2D eigenvalue weighted by Gasteiger charge is 2.51. The van der Waals surface area contributed by atoms with Crippen molar-refractivity contribution < 1.29 is 14.7 Å². The topological polar surface area (TPSA) is 139 Å². The maximum atomic E-state index is 12.5. The van der Waals surface area contributed by atoms with Gasteiger partial charge in [0.1, 0.15) is 11.8 Å². The first-order valence-corrected chi connectivity index (χ1v) is 8.78. The van der Waals surface area contributed by atoms with Gasteiger partial charge in [0.2, 0.25) is 5.91 Å². The molecule has 0 aliphatic heterocycles. The number of para-hydroxylation sites is 1. The van der Waals surface area contributed by atoms with Crippen molar-refractivity contribution in [3.63, 3.8) is 0 Å². The van der Waals surface area contributed by atoms with Gasteiger partial charge in [-0.1, -0.05) is 18.2 Å². The second-order valence-corrected chi connectivity index (χ2v) is 6.45. The summed E-state index contributed by atoms with van der Waals surface area (Å²) in [6.45, 7) is 1.50. The molecule has 2 rings (SSSR count). The predicted molar refractivity (Wildman–Crippen MR) is 104 cm³/mol. The van der Waals surface area contributed by atoms with Gasteiger partial charge in [-0.25, -0.2) is 0 Å². The standard InChI is InChI=1S/C18H26N6O3/c1-12(25)22-18(13-8-9-13,17(27)20-2)11-21-16(26)15(10-19)24-23-14-6-4-3-5-7-14/h3-7,10,12-13,19,22-23,25H,8-9,11H2,1-2H3,(H,20,27)(H,21,26)/b19-10?,24-15+. The Kier molecular flexibility index (Phi) is 7.03. The van der Waals surface area contributed by atoms with Crippen LogP contribution < -0.4 is 21.4 Å². The number of aliphatic hydroxyl groups is 1. The molecule has 1 fully saturated rings. The normalized spacial score (nSPS) is 17.4. The quantitative estimate of drug-likeness (QED) is 0.195. The van der Waals surface area contributed by atoms with E-state index in [0.29, 0.717) is 5.69 Å². The second kappa shape index (κ2) is 9.24. The number of hydrazone groups is 1. The molecule has 6 N–H and O–H groups in total. The van der Waals surface area contributed by atoms with E-state index in [4.69, 9.17) is 5.41 Å². The van der Waals surface area contributed by atoms with Gasteiger partial charge in [0.25, 0.3) is 5.91 Å². The molecule has 1 aliphatic carbocycles. The third-order valence-corrected chi connectivity index (χ3v) is 4.35. The molecule has 9 heteroatoms. The summed E-state index contributed by atoms with van der Waals surface area (Å²) in [5.41, 5.74) is 2.15. The van der Waals surface area contributed by atoms with Gasteiger partial charge in [0, 0.05) is 13.6 Å². The number of nitrogens with zero attached hydrogens (tertiary/aromatic N) is 1. The summed E-state index contributed by atoms with van der Waals surface area (Å²) in [7, 11) is 1.51. The van der Waals surface area contributed by atoms with Crippen LogP contribution in [0.25, 0.3) is 0 Å². The number of anilines is 1. The number of nitrogens with one attached hydrogen (secondary N) is 5. The van der Waals surface area contributed by atoms with E-state index in [2.05, 4.69) is 26.5 Å². The van der Waals surface area contributed by atoms with Crippen LogP contribution >= 0.6 is 0 Å². The van der Waals surface area contributed by atoms with E-state index in [1.807, 2.05) is 18.2 Å². The van der Waals surface area contributed by atoms with E-state index in [1.165, 1.54) is 14.0 Å². The number of amides is 2. The third kappa shape index (κ3) is 5.35. The van der Waals surface area contributed by atoms with Gasteiger partial charge in [-0.3, -0.25) is 20.3 Å². The third-order valence-electron chi connectivity index (χ3n) is 4.35. The van der Waals surface area contributed by atoms with Crippen molar-refractivity contribution in [2.75, 3.05) is 19.0 Å². The van der Waals surface area contributed by atoms with Gasteiger partial charge in [0.05, 0.1) is 11.9 Å². The van der Waals surface area contributed by atoms with Gasteiger partial charge in [-0.15, -0.1) is 0 Å². The van der Waals surface area contributed by atoms with Crippen LogP contribution in [0.3, 0.4) is 0 Å². The number of rotatable bonds is 10. The number of hydrogen-bond acceptors (Lipinski definition) is 7. The first-order chi connectivity index (χ1) is 12.9. The minimum Gasteiger partial charge on any atom is -0.379 e. The zero-order valence-electron chi connectivity index (χ0n) is 15.5. The lowest BCUT2D eigenvalue weighted by atomic mass is 9.91. The molecule has 1 aromatic rings. The monoisotopic (exact) mass is 374 g/mol. The molecule has 0 spiro atoms. The summed E-state index contributed by atoms with van der Waals surface area (Å²) in [5, 5.41) is 29.3. The molecule has 0 saturated heterocycles. The molecule has 9 nitrogen and oxygen atoms in total. The average Bonchev–Trinajstić information content (AvgIpc) is 3.51. The van der Waals surface area contributed by atoms with Crippen molar-refractivity contribution >= 4 is 29.4 Å². The summed E-state index contributed by atoms with van der Waals surface area (Å²) >= 11 is 0. The van der Waals surface area contributed by atoms with Crippen molar-refractivity contribution in [2.45, 2.75) is 31.5 Å². The smallest absolute Gasteiger partial charge is 0.273 e. The Hall–Kier alpha value is -2.78. The summed E-state index contributed by atoms with van der Waals surface area (Å²) in [6.07, 6.45) is 1.57. The van der Waals surface area contributed by atoms with E-state index in [-0.39, 0.29) is 24.1 Å². The molecule has 0 heterocycles. The van der Waals surface area contributed by atoms with Gasteiger partial charge >= 0.3 is 0 Å². The summed E-state index contributed by atoms with van der Waals surface area (Å²) < 4.78 is 0. The fourth-order valence-electron chi connectivity index (χ4n) is 2.91. The van der Waals surface area contributed by atoms with E-state index in [1.54, 1.807) is 12.1 Å². The van der Waals surface area contributed by atoms with Gasteiger partial charge < -0.3 is 21.1 Å². The van der Waals surface area contributed by atoms with Gasteiger partial charge in [-0.05, 0) is 37.8 Å². The van der Waals surface area contributed by atoms with Crippen LogP contribution in [0.4, 0.5) is 5.69 Å². The van der Waals surface area contributed by atoms with Crippen LogP contribution in [0.5, 0.6) is 0 Å². The average molecular weight is 374 g/mol. The fraction of sp³-hybridized carbons (Fsp3) is 0.444. The van der Waals surface area contributed by atoms with E-state index < -0.39 is 17.7 Å². The zero-order valence-corrected chi connectivity index (χ0v) is 15.5. The molecule has 2 atom stereocenters. The Morgan fingerprint density at radius 2 is 2.04 bits per heavy atom. The van der Waals surface area contributed by atoms with E-state index in [0.717, 1.165) is 19.1 Å². The zero-order chi connectivity index (χ0) is 19.9. The van der Waals surface area contributed by atoms with Gasteiger partial charge in [-0.2, -0.15) is 5.10 Å². The van der Waals surface area contributed by atoms with Crippen LogP contribution in [0.1, 0.15) is 19.8 Å². The Morgan fingerprint density at radius 3 is 2.56 bits per heavy atom. The van der Waals surface area contributed by atoms with Crippen LogP contribution in [0.2, 0.25) is 0 Å². The molecular formula is C18H26N6O3. The summed E-state index contributed by atoms with van der Waals surface area (Å²) in [6, 6.07) is 9.04. The first kappa shape index (κ1) is 20.5. The van der Waals surface area contributed by atoms with Crippen molar-refractivity contribution in [3.05, 3.63) is 30.3 Å². The van der Waals surface area contributed by atoms with Crippen molar-refractivity contribution in [1.82, 2.24) is 16.0 Å². The Morgan fingerprint density at radius 1 is 1.37 bits per heavy atom. The first-order valence-electron chi connectivity index (χ1n) is 8.78. The number of likely N-dealkylation sites (N-methyl/N-ethyl adjacent to an activating group) is 1. The molecular weight excluding hydrogens is 348 g/mol. The molecule has 0 aromatic heterocycles.